The van der Waals surface area contributed by atoms with Crippen LogP contribution in [0.5, 0.6) is 0 Å². The zero-order valence-corrected chi connectivity index (χ0v) is 18.0. The van der Waals surface area contributed by atoms with Gasteiger partial charge in [-0.15, -0.1) is 0 Å². The maximum absolute atomic E-state index is 13.4. The first-order valence-corrected chi connectivity index (χ1v) is 10.9. The number of hydrogen-bond acceptors (Lipinski definition) is 4. The molecule has 2 aromatic carbocycles. The van der Waals surface area contributed by atoms with Crippen LogP contribution in [-0.4, -0.2) is 38.1 Å². The average Bonchev–Trinajstić information content (AvgIpc) is 2.65. The molecule has 0 radical (unpaired) electrons. The minimum Gasteiger partial charge on any atom is -0.383 e. The Balaban J connectivity index is 1.91. The Morgan fingerprint density at radius 3 is 2.79 bits per heavy atom. The van der Waals surface area contributed by atoms with Crippen molar-refractivity contribution in [3.63, 3.8) is 0 Å². The monoisotopic (exact) mass is 489 g/mol. The quantitative estimate of drug-likeness (QED) is 0.629. The van der Waals surface area contributed by atoms with E-state index < -0.39 is 27.6 Å². The summed E-state index contributed by atoms with van der Waals surface area (Å²) >= 11 is 9.17. The minimum absolute atomic E-state index is 0.000372. The second-order valence-electron chi connectivity index (χ2n) is 6.61. The number of aldehydes is 1. The molecular weight excluding hydrogens is 473 g/mol. The summed E-state index contributed by atoms with van der Waals surface area (Å²) in [5.41, 5.74) is -0.115. The number of nitrogens with zero attached hydrogens (tertiary/aromatic N) is 1. The molecule has 6 nitrogen and oxygen atoms in total. The third kappa shape index (κ3) is 4.23. The van der Waals surface area contributed by atoms with Gasteiger partial charge in [-0.3, -0.25) is 0 Å². The van der Waals surface area contributed by atoms with Crippen molar-refractivity contribution in [3.05, 3.63) is 63.3 Å². The molecule has 1 heterocycles. The Labute approximate surface area is 176 Å². The molecule has 2 unspecified atom stereocenters. The van der Waals surface area contributed by atoms with Crippen LogP contribution >= 0.6 is 27.5 Å². The molecule has 0 bridgehead atoms. The third-order valence-electron chi connectivity index (χ3n) is 4.83. The molecule has 0 aromatic heterocycles. The fourth-order valence-corrected chi connectivity index (χ4v) is 5.14. The highest BCUT2D eigenvalue weighted by Crippen LogP contribution is 2.35. The Bertz CT molecular complexity index is 1010. The lowest BCUT2D eigenvalue weighted by molar-refractivity contribution is -0.116. The second kappa shape index (κ2) is 8.08. The summed E-state index contributed by atoms with van der Waals surface area (Å²) in [5.74, 6) is -0.561. The van der Waals surface area contributed by atoms with Gasteiger partial charge in [0.25, 0.3) is 10.2 Å². The normalized spacial score (nSPS) is 24.6. The Morgan fingerprint density at radius 1 is 1.39 bits per heavy atom. The van der Waals surface area contributed by atoms with Gasteiger partial charge in [-0.05, 0) is 42.3 Å². The standard InChI is InChI=1S/C18H18BrClFN3O3S/c1-24-18(11-25,10-22-14-5-6-16(21)15(20)8-14)9-17(23-28(24,26)27)12-3-2-4-13(19)7-12/h2-8,11,17,22-23H,9-10H2,1H3. The van der Waals surface area contributed by atoms with E-state index in [0.29, 0.717) is 12.0 Å². The fourth-order valence-electron chi connectivity index (χ4n) is 3.14. The predicted octanol–water partition coefficient (Wildman–Crippen LogP) is 3.50. The van der Waals surface area contributed by atoms with Gasteiger partial charge in [0.15, 0.2) is 0 Å². The molecule has 28 heavy (non-hydrogen) atoms. The van der Waals surface area contributed by atoms with E-state index in [4.69, 9.17) is 11.6 Å². The van der Waals surface area contributed by atoms with Gasteiger partial charge in [0.05, 0.1) is 11.1 Å². The van der Waals surface area contributed by atoms with E-state index in [1.807, 2.05) is 6.07 Å². The van der Waals surface area contributed by atoms with Crippen molar-refractivity contribution in [1.82, 2.24) is 9.03 Å². The van der Waals surface area contributed by atoms with E-state index in [-0.39, 0.29) is 18.0 Å². The van der Waals surface area contributed by atoms with Gasteiger partial charge in [-0.25, -0.2) is 4.39 Å². The number of rotatable bonds is 5. The van der Waals surface area contributed by atoms with Gasteiger partial charge >= 0.3 is 0 Å². The van der Waals surface area contributed by atoms with Crippen LogP contribution < -0.4 is 10.0 Å². The third-order valence-corrected chi connectivity index (χ3v) is 7.28. The predicted molar refractivity (Wildman–Crippen MR) is 110 cm³/mol. The first-order chi connectivity index (χ1) is 13.2. The van der Waals surface area contributed by atoms with E-state index in [1.165, 1.54) is 25.2 Å². The molecule has 0 spiro atoms. The number of nitrogens with one attached hydrogen (secondary N) is 2. The minimum atomic E-state index is -3.90. The summed E-state index contributed by atoms with van der Waals surface area (Å²) in [6.45, 7) is 0.000372. The van der Waals surface area contributed by atoms with Crippen LogP contribution in [-0.2, 0) is 15.0 Å². The summed E-state index contributed by atoms with van der Waals surface area (Å²) in [5, 5.41) is 2.93. The Kier molecular flexibility index (Phi) is 6.11. The number of carbonyl (C=O) groups excluding carboxylic acids is 1. The van der Waals surface area contributed by atoms with Gasteiger partial charge in [0.1, 0.15) is 17.6 Å². The molecule has 2 atom stereocenters. The molecule has 0 aliphatic carbocycles. The van der Waals surface area contributed by atoms with Crippen molar-refractivity contribution in [2.45, 2.75) is 18.0 Å². The van der Waals surface area contributed by atoms with Crippen molar-refractivity contribution < 1.29 is 17.6 Å². The summed E-state index contributed by atoms with van der Waals surface area (Å²) in [6, 6.07) is 10.7. The van der Waals surface area contributed by atoms with Crippen molar-refractivity contribution in [2.75, 3.05) is 18.9 Å². The van der Waals surface area contributed by atoms with E-state index >= 15 is 0 Å². The fraction of sp³-hybridized carbons (Fsp3) is 0.278. The topological polar surface area (TPSA) is 78.5 Å². The molecule has 1 aliphatic rings. The molecule has 0 saturated carbocycles. The molecule has 1 fully saturated rings. The summed E-state index contributed by atoms with van der Waals surface area (Å²) in [6.07, 6.45) is 0.846. The van der Waals surface area contributed by atoms with Gasteiger partial charge in [0, 0.05) is 23.8 Å². The van der Waals surface area contributed by atoms with Gasteiger partial charge in [-0.1, -0.05) is 39.7 Å². The number of halogens is 3. The number of likely N-dealkylation sites (N-methyl/N-ethyl adjacent to an activating group) is 1. The Morgan fingerprint density at radius 2 is 2.14 bits per heavy atom. The lowest BCUT2D eigenvalue weighted by Crippen LogP contribution is -2.63. The molecule has 2 aromatic rings. The lowest BCUT2D eigenvalue weighted by atomic mass is 9.89. The average molecular weight is 491 g/mol. The zero-order chi connectivity index (χ0) is 20.5. The van der Waals surface area contributed by atoms with Crippen LogP contribution in [0.25, 0.3) is 0 Å². The SMILES string of the molecule is CN1C(C=O)(CNc2ccc(F)c(Cl)c2)CC(c2cccc(Br)c2)NS1(=O)=O. The first-order valence-electron chi connectivity index (χ1n) is 8.34. The molecule has 0 amide bonds. The largest absolute Gasteiger partial charge is 0.383 e. The molecule has 1 saturated heterocycles. The summed E-state index contributed by atoms with van der Waals surface area (Å²) in [4.78, 5) is 12.1. The highest BCUT2D eigenvalue weighted by Gasteiger charge is 2.48. The zero-order valence-electron chi connectivity index (χ0n) is 14.8. The van der Waals surface area contributed by atoms with Crippen LogP contribution in [0.2, 0.25) is 5.02 Å². The highest BCUT2D eigenvalue weighted by atomic mass is 79.9. The molecule has 1 aliphatic heterocycles. The number of hydrogen-bond donors (Lipinski definition) is 2. The van der Waals surface area contributed by atoms with Gasteiger partial charge < -0.3 is 10.1 Å². The van der Waals surface area contributed by atoms with E-state index in [0.717, 1.165) is 14.3 Å². The highest BCUT2D eigenvalue weighted by molar-refractivity contribution is 9.10. The van der Waals surface area contributed by atoms with Crippen LogP contribution in [0.1, 0.15) is 18.0 Å². The second-order valence-corrected chi connectivity index (χ2v) is 9.66. The van der Waals surface area contributed by atoms with Crippen LogP contribution in [0.4, 0.5) is 10.1 Å². The van der Waals surface area contributed by atoms with E-state index in [2.05, 4.69) is 26.0 Å². The molecular formula is C18H18BrClFN3O3S. The van der Waals surface area contributed by atoms with Crippen LogP contribution in [0, 0.1) is 5.82 Å². The number of benzene rings is 2. The first kappa shape index (κ1) is 21.2. The maximum atomic E-state index is 13.4. The summed E-state index contributed by atoms with van der Waals surface area (Å²) in [7, 11) is -2.55. The van der Waals surface area contributed by atoms with Crippen molar-refractivity contribution in [2.24, 2.45) is 0 Å². The smallest absolute Gasteiger partial charge is 0.280 e. The Hall–Kier alpha value is -1.52. The van der Waals surface area contributed by atoms with Crippen molar-refractivity contribution in [3.8, 4) is 0 Å². The molecule has 10 heteroatoms. The number of carbonyl (C=O) groups is 1. The lowest BCUT2D eigenvalue weighted by Gasteiger charge is -2.44. The maximum Gasteiger partial charge on any atom is 0.280 e. The van der Waals surface area contributed by atoms with Crippen molar-refractivity contribution >= 4 is 49.7 Å². The molecule has 150 valence electrons. The molecule has 3 rings (SSSR count). The van der Waals surface area contributed by atoms with Gasteiger partial charge in [-0.2, -0.15) is 17.4 Å². The van der Waals surface area contributed by atoms with Crippen LogP contribution in [0.15, 0.2) is 46.9 Å². The van der Waals surface area contributed by atoms with Crippen LogP contribution in [0.3, 0.4) is 0 Å². The number of anilines is 1. The van der Waals surface area contributed by atoms with Crippen molar-refractivity contribution in [1.29, 1.82) is 0 Å². The summed E-state index contributed by atoms with van der Waals surface area (Å²) < 4.78 is 43.2. The van der Waals surface area contributed by atoms with E-state index in [1.54, 1.807) is 18.2 Å². The van der Waals surface area contributed by atoms with E-state index in [9.17, 15) is 17.6 Å². The van der Waals surface area contributed by atoms with Gasteiger partial charge in [0.2, 0.25) is 0 Å². The molecule has 2 N–H and O–H groups in total.